The van der Waals surface area contributed by atoms with Crippen molar-refractivity contribution in [2.75, 3.05) is 13.7 Å². The second-order valence-corrected chi connectivity index (χ2v) is 25.1. The van der Waals surface area contributed by atoms with Gasteiger partial charge in [0.2, 0.25) is 41.4 Å². The summed E-state index contributed by atoms with van der Waals surface area (Å²) in [5.41, 5.74) is 14.3. The highest BCUT2D eigenvalue weighted by Crippen LogP contribution is 2.37. The van der Waals surface area contributed by atoms with E-state index >= 15 is 14.4 Å². The number of esters is 2. The van der Waals surface area contributed by atoms with Crippen molar-refractivity contribution >= 4 is 53.3 Å². The Kier molecular flexibility index (Phi) is 29.0. The topological polar surface area (TPSA) is 319 Å². The lowest BCUT2D eigenvalue weighted by Crippen LogP contribution is -2.64. The summed E-state index contributed by atoms with van der Waals surface area (Å²) >= 11 is 0. The van der Waals surface area contributed by atoms with E-state index in [0.29, 0.717) is 11.3 Å². The number of hydrogen-bond donors (Lipinski definition) is 8. The molecule has 4 rings (SSSR count). The van der Waals surface area contributed by atoms with E-state index in [1.807, 2.05) is 112 Å². The maximum Gasteiger partial charge on any atom is 0.336 e. The van der Waals surface area contributed by atoms with Gasteiger partial charge < -0.3 is 57.3 Å². The second kappa shape index (κ2) is 34.9. The minimum absolute atomic E-state index is 0.0255. The maximum absolute atomic E-state index is 15.7. The average molecular weight is 1250 g/mol. The molecule has 0 bridgehead atoms. The predicted octanol–water partition coefficient (Wildman–Crippen LogP) is 5.97. The van der Waals surface area contributed by atoms with Gasteiger partial charge in [-0.3, -0.25) is 38.5 Å². The van der Waals surface area contributed by atoms with E-state index in [-0.39, 0.29) is 63.9 Å². The lowest BCUT2D eigenvalue weighted by Gasteiger charge is -2.39. The Balaban J connectivity index is 1.78. The van der Waals surface area contributed by atoms with Crippen LogP contribution in [0.4, 0.5) is 0 Å². The molecule has 4 aromatic rings. The monoisotopic (exact) mass is 1250 g/mol. The van der Waals surface area contributed by atoms with Gasteiger partial charge in [-0.2, -0.15) is 0 Å². The van der Waals surface area contributed by atoms with Crippen LogP contribution in [0.25, 0.3) is 0 Å². The van der Waals surface area contributed by atoms with Crippen molar-refractivity contribution < 1.29 is 62.8 Å². The van der Waals surface area contributed by atoms with E-state index in [4.69, 9.17) is 20.9 Å². The Hall–Kier alpha value is -7.85. The molecule has 0 saturated carbocycles. The summed E-state index contributed by atoms with van der Waals surface area (Å²) in [5, 5.41) is 31.3. The SMILES string of the molecule is CC[C@H](C)[C@H](NC(=O)[C@H](Cc1ccc(OC(C)(C)C)cc1)N(C)C(=O)[C@H]([C@@H](C)CC)N(C(=O)[C@@H](N)CCCO)C(=O)[C@@H](N)CCC(=O)NC(c1ccccc1)(c1ccccc1)c1ccccc1)C(=O)OC(=O)[C@H](CC(C)C)NC(=O)[C@@H](NC(=O)C(C)C)[C@@H](C)O. The van der Waals surface area contributed by atoms with Gasteiger partial charge in [-0.1, -0.05) is 171 Å². The molecule has 0 spiro atoms. The summed E-state index contributed by atoms with van der Waals surface area (Å²) in [4.78, 5) is 132. The third kappa shape index (κ3) is 20.9. The number of imide groups is 1. The third-order valence-electron chi connectivity index (χ3n) is 15.9. The van der Waals surface area contributed by atoms with Crippen LogP contribution in [0.2, 0.25) is 0 Å². The summed E-state index contributed by atoms with van der Waals surface area (Å²) in [6.45, 7) is 20.1. The fourth-order valence-corrected chi connectivity index (χ4v) is 10.3. The molecule has 0 radical (unpaired) electrons. The van der Waals surface area contributed by atoms with E-state index in [1.165, 1.54) is 14.0 Å². The molecule has 90 heavy (non-hydrogen) atoms. The Morgan fingerprint density at radius 2 is 1.09 bits per heavy atom. The van der Waals surface area contributed by atoms with Crippen molar-refractivity contribution in [3.63, 3.8) is 0 Å². The van der Waals surface area contributed by atoms with Crippen molar-refractivity contribution in [1.82, 2.24) is 31.1 Å². The molecule has 0 aromatic heterocycles. The van der Waals surface area contributed by atoms with Gasteiger partial charge in [0.15, 0.2) is 0 Å². The number of carbonyl (C=O) groups is 9. The van der Waals surface area contributed by atoms with Crippen LogP contribution in [0.3, 0.4) is 0 Å². The zero-order chi connectivity index (χ0) is 67.2. The molecule has 10 atom stereocenters. The molecule has 10 N–H and O–H groups in total. The quantitative estimate of drug-likeness (QED) is 0.0155. The Bertz CT molecular complexity index is 2900. The predicted molar refractivity (Wildman–Crippen MR) is 343 cm³/mol. The summed E-state index contributed by atoms with van der Waals surface area (Å²) in [6.07, 6.45) is -1.78. The van der Waals surface area contributed by atoms with Crippen LogP contribution in [0.5, 0.6) is 5.75 Å². The standard InChI is InChI=1S/C69H98N8O13/c1-14-44(7)57(67(88)89-66(87)54(40-42(3)4)72-62(83)58(46(9)79)74-60(81)43(5)6)73-61(82)55(41-47-33-35-51(36-34-47)90-68(10,11)12)76(13)65(86)59(45(8)15-2)77(63(84)52(70)32-25-39-78)64(85)53(71)37-38-56(80)75-69(48-26-19-16-20-27-48,49-28-21-17-22-29-49)50-30-23-18-24-31-50/h16-24,26-31,33-36,42-46,52-55,57-59,78-79H,14-15,25,32,37-41,70-71H2,1-13H3,(H,72,83)(H,73,82)(H,74,81)(H,75,80)/t44-,45-,46+,52-,53-,54-,55-,57-,58-,59-/m0/s1. The zero-order valence-electron chi connectivity index (χ0n) is 54.7. The van der Waals surface area contributed by atoms with Crippen LogP contribution in [-0.2, 0) is 59.8 Å². The molecule has 0 aliphatic carbocycles. The molecule has 4 aromatic carbocycles. The lowest BCUT2D eigenvalue weighted by atomic mass is 9.77. The number of ether oxygens (including phenoxy) is 2. The number of aliphatic hydroxyl groups is 2. The van der Waals surface area contributed by atoms with Gasteiger partial charge >= 0.3 is 11.9 Å². The molecule has 0 aliphatic heterocycles. The Morgan fingerprint density at radius 1 is 0.600 bits per heavy atom. The first kappa shape index (κ1) is 74.6. The number of likely N-dealkylation sites (N-methyl/N-ethyl adjacent to an activating group) is 1. The summed E-state index contributed by atoms with van der Waals surface area (Å²) in [6, 6.07) is 24.4. The van der Waals surface area contributed by atoms with Gasteiger partial charge in [0.1, 0.15) is 47.1 Å². The number of nitrogens with two attached hydrogens (primary N) is 2. The molecular weight excluding hydrogens is 1150 g/mol. The Labute approximate surface area is 531 Å². The van der Waals surface area contributed by atoms with E-state index in [0.717, 1.165) is 26.5 Å². The smallest absolute Gasteiger partial charge is 0.336 e. The molecule has 0 aliphatic rings. The first-order chi connectivity index (χ1) is 42.4. The van der Waals surface area contributed by atoms with Gasteiger partial charge in [0, 0.05) is 32.4 Å². The molecule has 7 amide bonds. The zero-order valence-corrected chi connectivity index (χ0v) is 54.7. The number of hydrogen-bond acceptors (Lipinski definition) is 15. The minimum Gasteiger partial charge on any atom is -0.488 e. The van der Waals surface area contributed by atoms with Crippen molar-refractivity contribution in [2.45, 2.75) is 194 Å². The highest BCUT2D eigenvalue weighted by molar-refractivity contribution is 6.05. The number of carbonyl (C=O) groups excluding carboxylic acids is 9. The van der Waals surface area contributed by atoms with Gasteiger partial charge in [-0.05, 0) is 106 Å². The van der Waals surface area contributed by atoms with E-state index in [9.17, 15) is 39.0 Å². The summed E-state index contributed by atoms with van der Waals surface area (Å²) in [7, 11) is 1.32. The van der Waals surface area contributed by atoms with Crippen molar-refractivity contribution in [3.8, 4) is 5.75 Å². The summed E-state index contributed by atoms with van der Waals surface area (Å²) < 4.78 is 11.5. The van der Waals surface area contributed by atoms with Crippen LogP contribution >= 0.6 is 0 Å². The molecule has 0 saturated heterocycles. The molecule has 0 unspecified atom stereocenters. The number of benzene rings is 4. The summed E-state index contributed by atoms with van der Waals surface area (Å²) in [5.74, 6) is -9.87. The van der Waals surface area contributed by atoms with Crippen molar-refractivity contribution in [1.29, 1.82) is 0 Å². The second-order valence-electron chi connectivity index (χ2n) is 25.1. The Morgan fingerprint density at radius 3 is 1.53 bits per heavy atom. The first-order valence-corrected chi connectivity index (χ1v) is 31.3. The van der Waals surface area contributed by atoms with Gasteiger partial charge in [-0.25, -0.2) is 9.59 Å². The lowest BCUT2D eigenvalue weighted by molar-refractivity contribution is -0.166. The van der Waals surface area contributed by atoms with E-state index in [1.54, 1.807) is 79.7 Å². The van der Waals surface area contributed by atoms with Gasteiger partial charge in [0.05, 0.1) is 18.2 Å². The van der Waals surface area contributed by atoms with Crippen molar-refractivity contribution in [2.24, 2.45) is 35.1 Å². The molecule has 0 heterocycles. The van der Waals surface area contributed by atoms with Crippen LogP contribution in [-0.4, -0.2) is 141 Å². The largest absolute Gasteiger partial charge is 0.488 e. The van der Waals surface area contributed by atoms with E-state index in [2.05, 4.69) is 21.3 Å². The minimum atomic E-state index is -1.66. The number of aliphatic hydroxyl groups excluding tert-OH is 2. The van der Waals surface area contributed by atoms with Crippen LogP contribution < -0.4 is 37.5 Å². The third-order valence-corrected chi connectivity index (χ3v) is 15.9. The number of amides is 7. The average Bonchev–Trinajstić information content (AvgIpc) is 0.781. The highest BCUT2D eigenvalue weighted by atomic mass is 16.6. The maximum atomic E-state index is 15.7. The van der Waals surface area contributed by atoms with Crippen LogP contribution in [0.15, 0.2) is 115 Å². The van der Waals surface area contributed by atoms with Crippen LogP contribution in [0.1, 0.15) is 150 Å². The number of nitrogens with zero attached hydrogens (tertiary/aromatic N) is 2. The first-order valence-electron chi connectivity index (χ1n) is 31.3. The highest BCUT2D eigenvalue weighted by Gasteiger charge is 2.46. The molecule has 0 fully saturated rings. The number of rotatable bonds is 33. The molecule has 21 heteroatoms. The molecule has 21 nitrogen and oxygen atoms in total. The van der Waals surface area contributed by atoms with Gasteiger partial charge in [-0.15, -0.1) is 0 Å². The van der Waals surface area contributed by atoms with Crippen molar-refractivity contribution in [3.05, 3.63) is 138 Å². The fourth-order valence-electron chi connectivity index (χ4n) is 10.3. The van der Waals surface area contributed by atoms with Crippen LogP contribution in [0, 0.1) is 23.7 Å². The normalized spacial score (nSPS) is 15.1. The number of nitrogens with one attached hydrogen (secondary N) is 4. The molecular formula is C69H98N8O13. The molecule has 492 valence electrons. The van der Waals surface area contributed by atoms with E-state index < -0.39 is 131 Å². The fraction of sp³-hybridized carbons (Fsp3) is 0.522. The van der Waals surface area contributed by atoms with Gasteiger partial charge in [0.25, 0.3) is 0 Å².